The first-order chi connectivity index (χ1) is 16.9. The van der Waals surface area contributed by atoms with Gasteiger partial charge < -0.3 is 34.6 Å². The van der Waals surface area contributed by atoms with Gasteiger partial charge in [-0.05, 0) is 26.7 Å². The van der Waals surface area contributed by atoms with E-state index in [2.05, 4.69) is 5.32 Å². The Morgan fingerprint density at radius 1 is 1.31 bits per heavy atom. The Kier molecular flexibility index (Phi) is 7.92. The number of halogens is 1. The molecule has 0 radical (unpaired) electrons. The molecule has 1 unspecified atom stereocenters. The van der Waals surface area contributed by atoms with Crippen LogP contribution in [0.1, 0.15) is 33.1 Å². The highest BCUT2D eigenvalue weighted by molar-refractivity contribution is 7.84. The van der Waals surface area contributed by atoms with E-state index in [0.29, 0.717) is 12.8 Å². The molecule has 6 atom stereocenters. The second kappa shape index (κ2) is 10.4. The summed E-state index contributed by atoms with van der Waals surface area (Å²) < 4.78 is 62.7. The van der Waals surface area contributed by atoms with Crippen molar-refractivity contribution in [2.45, 2.75) is 81.3 Å². The maximum atomic E-state index is 13.6. The fourth-order valence-corrected chi connectivity index (χ4v) is 6.17. The molecule has 0 bridgehead atoms. The molecular formula is C21H33FN4O9S. The van der Waals surface area contributed by atoms with Gasteiger partial charge in [0.15, 0.2) is 5.79 Å². The van der Waals surface area contributed by atoms with Crippen LogP contribution < -0.4 is 5.32 Å². The monoisotopic (exact) mass is 536 g/mol. The molecule has 4 aliphatic rings. The summed E-state index contributed by atoms with van der Waals surface area (Å²) in [6.45, 7) is 2.39. The van der Waals surface area contributed by atoms with Gasteiger partial charge >= 0.3 is 10.3 Å². The number of nitrogens with zero attached hydrogens (tertiary/aromatic N) is 3. The molecule has 0 aromatic rings. The number of aliphatic hydroxyl groups is 2. The predicted octanol–water partition coefficient (Wildman–Crippen LogP) is -1.64. The van der Waals surface area contributed by atoms with Gasteiger partial charge in [-0.15, -0.1) is 0 Å². The van der Waals surface area contributed by atoms with Crippen LogP contribution in [-0.2, 0) is 33.5 Å². The van der Waals surface area contributed by atoms with Crippen LogP contribution in [0.4, 0.5) is 4.39 Å². The number of piperidine rings is 1. The first-order valence-electron chi connectivity index (χ1n) is 11.9. The average Bonchev–Trinajstić information content (AvgIpc) is 3.35. The smallest absolute Gasteiger partial charge is 0.338 e. The molecule has 0 spiro atoms. The molecule has 4 aliphatic heterocycles. The second-order valence-corrected chi connectivity index (χ2v) is 11.6. The van der Waals surface area contributed by atoms with Crippen LogP contribution in [0.3, 0.4) is 0 Å². The Labute approximate surface area is 209 Å². The minimum Gasteiger partial charge on any atom is -0.388 e. The fraction of sp³-hybridized carbons (Fsp3) is 0.905. The highest BCUT2D eigenvalue weighted by atomic mass is 32.2. The zero-order valence-corrected chi connectivity index (χ0v) is 21.0. The SMILES string of the molecule is CC1(C)O[C@H]2[C@H](O)[C@H](O)CO[C@@]2(COS(=O)(=O)N2CCC(NCC(=O)N3CC(F)C[C@H]3C#N)CC2)O1. The van der Waals surface area contributed by atoms with Gasteiger partial charge in [-0.25, -0.2) is 4.39 Å². The molecule has 204 valence electrons. The Balaban J connectivity index is 1.27. The first-order valence-corrected chi connectivity index (χ1v) is 13.3. The van der Waals surface area contributed by atoms with Gasteiger partial charge in [0.05, 0.1) is 25.8 Å². The number of carbonyl (C=O) groups excluding carboxylic acids is 1. The highest BCUT2D eigenvalue weighted by Crippen LogP contribution is 2.42. The topological polar surface area (TPSA) is 171 Å². The van der Waals surface area contributed by atoms with Crippen molar-refractivity contribution in [2.24, 2.45) is 0 Å². The number of fused-ring (bicyclic) bond motifs is 1. The van der Waals surface area contributed by atoms with Crippen molar-refractivity contribution >= 4 is 16.2 Å². The summed E-state index contributed by atoms with van der Waals surface area (Å²) in [5.74, 6) is -3.27. The molecule has 4 saturated heterocycles. The van der Waals surface area contributed by atoms with Crippen LogP contribution in [0.2, 0.25) is 0 Å². The number of hydrogen-bond donors (Lipinski definition) is 3. The molecule has 36 heavy (non-hydrogen) atoms. The van der Waals surface area contributed by atoms with Crippen LogP contribution in [0, 0.1) is 11.3 Å². The van der Waals surface area contributed by atoms with Gasteiger partial charge in [-0.1, -0.05) is 0 Å². The lowest BCUT2D eigenvalue weighted by molar-refractivity contribution is -0.301. The zero-order chi connectivity index (χ0) is 26.3. The van der Waals surface area contributed by atoms with Crippen LogP contribution in [0.5, 0.6) is 0 Å². The van der Waals surface area contributed by atoms with E-state index in [1.807, 2.05) is 6.07 Å². The first kappa shape index (κ1) is 27.6. The molecule has 0 aromatic carbocycles. The highest BCUT2D eigenvalue weighted by Gasteiger charge is 2.62. The van der Waals surface area contributed by atoms with Crippen LogP contribution in [-0.4, -0.2) is 121 Å². The zero-order valence-electron chi connectivity index (χ0n) is 20.2. The van der Waals surface area contributed by atoms with Crippen molar-refractivity contribution in [3.05, 3.63) is 0 Å². The molecule has 1 amide bonds. The average molecular weight is 537 g/mol. The number of nitriles is 1. The number of rotatable bonds is 7. The minimum absolute atomic E-state index is 0.0137. The molecular weight excluding hydrogens is 503 g/mol. The lowest BCUT2D eigenvalue weighted by Crippen LogP contribution is -2.61. The van der Waals surface area contributed by atoms with Gasteiger partial charge in [0.2, 0.25) is 11.7 Å². The Morgan fingerprint density at radius 2 is 2.00 bits per heavy atom. The number of aliphatic hydroxyl groups excluding tert-OH is 2. The fourth-order valence-electron chi connectivity index (χ4n) is 5.05. The summed E-state index contributed by atoms with van der Waals surface area (Å²) in [6, 6.07) is 1.03. The van der Waals surface area contributed by atoms with Crippen LogP contribution >= 0.6 is 0 Å². The van der Waals surface area contributed by atoms with Crippen LogP contribution in [0.25, 0.3) is 0 Å². The Hall–Kier alpha value is -1.48. The minimum atomic E-state index is -4.19. The lowest BCUT2D eigenvalue weighted by atomic mass is 9.98. The van der Waals surface area contributed by atoms with Gasteiger partial charge in [0.1, 0.15) is 37.1 Å². The number of nitrogens with one attached hydrogen (secondary N) is 1. The Bertz CT molecular complexity index is 971. The van der Waals surface area contributed by atoms with Crippen molar-refractivity contribution in [1.82, 2.24) is 14.5 Å². The van der Waals surface area contributed by atoms with E-state index in [-0.39, 0.29) is 51.2 Å². The van der Waals surface area contributed by atoms with Crippen molar-refractivity contribution in [3.8, 4) is 6.07 Å². The molecule has 4 rings (SSSR count). The maximum Gasteiger partial charge on any atom is 0.338 e. The number of ether oxygens (including phenoxy) is 3. The normalized spacial score (nSPS) is 37.6. The number of alkyl halides is 1. The van der Waals surface area contributed by atoms with Crippen molar-refractivity contribution in [1.29, 1.82) is 5.26 Å². The molecule has 0 aromatic heterocycles. The molecule has 3 N–H and O–H groups in total. The third-order valence-electron chi connectivity index (χ3n) is 6.91. The van der Waals surface area contributed by atoms with Gasteiger partial charge in [-0.3, -0.25) is 8.98 Å². The lowest BCUT2D eigenvalue weighted by Gasteiger charge is -2.41. The molecule has 4 fully saturated rings. The number of hydrogen-bond acceptors (Lipinski definition) is 11. The molecule has 13 nitrogen and oxygen atoms in total. The molecule has 4 heterocycles. The van der Waals surface area contributed by atoms with E-state index >= 15 is 0 Å². The summed E-state index contributed by atoms with van der Waals surface area (Å²) in [6.07, 6.45) is -4.10. The molecule has 0 saturated carbocycles. The van der Waals surface area contributed by atoms with E-state index in [1.54, 1.807) is 13.8 Å². The van der Waals surface area contributed by atoms with E-state index in [4.69, 9.17) is 23.7 Å². The third-order valence-corrected chi connectivity index (χ3v) is 8.32. The number of amides is 1. The third kappa shape index (κ3) is 5.66. The Morgan fingerprint density at radius 3 is 2.67 bits per heavy atom. The number of likely N-dealkylation sites (tertiary alicyclic amines) is 1. The van der Waals surface area contributed by atoms with Gasteiger partial charge in [0.25, 0.3) is 0 Å². The summed E-state index contributed by atoms with van der Waals surface area (Å²) in [5, 5.41) is 32.4. The largest absolute Gasteiger partial charge is 0.388 e. The number of carbonyl (C=O) groups is 1. The van der Waals surface area contributed by atoms with E-state index in [1.165, 1.54) is 4.90 Å². The summed E-state index contributed by atoms with van der Waals surface area (Å²) in [5.41, 5.74) is 0. The van der Waals surface area contributed by atoms with E-state index < -0.39 is 59.0 Å². The summed E-state index contributed by atoms with van der Waals surface area (Å²) >= 11 is 0. The molecule has 15 heteroatoms. The predicted molar refractivity (Wildman–Crippen MR) is 119 cm³/mol. The van der Waals surface area contributed by atoms with E-state index in [0.717, 1.165) is 4.31 Å². The van der Waals surface area contributed by atoms with Gasteiger partial charge in [-0.2, -0.15) is 18.0 Å². The van der Waals surface area contributed by atoms with E-state index in [9.17, 15) is 27.8 Å². The molecule has 0 aliphatic carbocycles. The van der Waals surface area contributed by atoms with Crippen molar-refractivity contribution < 1.29 is 46.2 Å². The van der Waals surface area contributed by atoms with Crippen molar-refractivity contribution in [3.63, 3.8) is 0 Å². The van der Waals surface area contributed by atoms with Crippen molar-refractivity contribution in [2.75, 3.05) is 39.4 Å². The summed E-state index contributed by atoms with van der Waals surface area (Å²) in [7, 11) is -4.19. The standard InChI is InChI=1S/C21H33FN4O9S/c1-20(2)34-19-18(29)16(27)11-32-21(19,35-20)12-33-36(30,31)25-5-3-14(4-6-25)24-9-17(28)26-10-13(22)7-15(26)8-23/h13-16,18-19,24,27,29H,3-7,9-12H2,1-2H3/t13?,15-,16+,18+,19-,21-/m0/s1. The quantitative estimate of drug-likeness (QED) is 0.341. The maximum absolute atomic E-state index is 13.6. The van der Waals surface area contributed by atoms with Gasteiger partial charge in [0, 0.05) is 25.6 Å². The second-order valence-electron chi connectivity index (χ2n) is 10.0. The van der Waals surface area contributed by atoms with Crippen LogP contribution in [0.15, 0.2) is 0 Å². The summed E-state index contributed by atoms with van der Waals surface area (Å²) in [4.78, 5) is 13.6.